The van der Waals surface area contributed by atoms with Crippen LogP contribution in [0.2, 0.25) is 0 Å². The normalized spacial score (nSPS) is 15.7. The molecule has 0 bridgehead atoms. The number of hydrogen-bond donors (Lipinski definition) is 1. The number of esters is 2. The summed E-state index contributed by atoms with van der Waals surface area (Å²) >= 11 is 0. The van der Waals surface area contributed by atoms with Gasteiger partial charge in [-0.05, 0) is 23.5 Å². The maximum absolute atomic E-state index is 13.5. The van der Waals surface area contributed by atoms with Crippen LogP contribution in [0.4, 0.5) is 0 Å². The first-order chi connectivity index (χ1) is 15.9. The average molecular weight is 450 g/mol. The van der Waals surface area contributed by atoms with E-state index in [1.165, 1.54) is 14.2 Å². The number of cyclic esters (lactones) is 1. The number of nitrogens with one attached hydrogen (secondary N) is 1. The standard InChI is InChI=1S/C26H27NO6/c1-16(2)15-19(25(29)32-4)27-24(28)20(17-11-7-5-8-12-17)23-22(31-3)21(26(30)33-23)18-13-9-6-10-14-18/h5-14,16,19H,15H2,1-4H3,(H,27,28). The van der Waals surface area contributed by atoms with Crippen LogP contribution in [0.3, 0.4) is 0 Å². The molecule has 1 heterocycles. The van der Waals surface area contributed by atoms with E-state index in [2.05, 4.69) is 5.32 Å². The van der Waals surface area contributed by atoms with Crippen LogP contribution in [-0.2, 0) is 28.6 Å². The minimum Gasteiger partial charge on any atom is -0.492 e. The van der Waals surface area contributed by atoms with Gasteiger partial charge in [-0.2, -0.15) is 0 Å². The molecule has 0 aliphatic carbocycles. The molecule has 1 unspecified atom stereocenters. The molecule has 7 nitrogen and oxygen atoms in total. The molecule has 172 valence electrons. The zero-order valence-corrected chi connectivity index (χ0v) is 19.1. The summed E-state index contributed by atoms with van der Waals surface area (Å²) in [6, 6.07) is 16.9. The van der Waals surface area contributed by atoms with Crippen LogP contribution in [0.5, 0.6) is 0 Å². The third-order valence-corrected chi connectivity index (χ3v) is 5.11. The van der Waals surface area contributed by atoms with Crippen molar-refractivity contribution in [3.8, 4) is 0 Å². The van der Waals surface area contributed by atoms with Crippen molar-refractivity contribution in [2.24, 2.45) is 5.92 Å². The molecule has 1 aliphatic rings. The highest BCUT2D eigenvalue weighted by atomic mass is 16.6. The number of amides is 1. The summed E-state index contributed by atoms with van der Waals surface area (Å²) in [4.78, 5) is 38.6. The number of carbonyl (C=O) groups excluding carboxylic acids is 3. The molecule has 2 aromatic rings. The number of carbonyl (C=O) groups is 3. The molecule has 1 aliphatic heterocycles. The van der Waals surface area contributed by atoms with Gasteiger partial charge in [0.15, 0.2) is 11.5 Å². The first-order valence-electron chi connectivity index (χ1n) is 10.6. The van der Waals surface area contributed by atoms with Crippen LogP contribution in [-0.4, -0.2) is 38.1 Å². The van der Waals surface area contributed by atoms with E-state index in [9.17, 15) is 14.4 Å². The summed E-state index contributed by atoms with van der Waals surface area (Å²) in [6.45, 7) is 3.88. The second-order valence-electron chi connectivity index (χ2n) is 7.91. The summed E-state index contributed by atoms with van der Waals surface area (Å²) in [5.41, 5.74) is 1.43. The lowest BCUT2D eigenvalue weighted by molar-refractivity contribution is -0.145. The van der Waals surface area contributed by atoms with Gasteiger partial charge in [0.2, 0.25) is 0 Å². The smallest absolute Gasteiger partial charge is 0.348 e. The Labute approximate surface area is 193 Å². The predicted octanol–water partition coefficient (Wildman–Crippen LogP) is 3.72. The highest BCUT2D eigenvalue weighted by Gasteiger charge is 2.37. The van der Waals surface area contributed by atoms with Crippen molar-refractivity contribution in [1.29, 1.82) is 0 Å². The molecule has 3 rings (SSSR count). The van der Waals surface area contributed by atoms with E-state index in [1.54, 1.807) is 48.5 Å². The van der Waals surface area contributed by atoms with Crippen LogP contribution >= 0.6 is 0 Å². The van der Waals surface area contributed by atoms with Gasteiger partial charge >= 0.3 is 11.9 Å². The van der Waals surface area contributed by atoms with Gasteiger partial charge in [0.25, 0.3) is 5.91 Å². The maximum Gasteiger partial charge on any atom is 0.348 e. The van der Waals surface area contributed by atoms with E-state index in [4.69, 9.17) is 14.2 Å². The molecule has 1 N–H and O–H groups in total. The first-order valence-corrected chi connectivity index (χ1v) is 10.6. The molecule has 1 atom stereocenters. The number of rotatable bonds is 8. The van der Waals surface area contributed by atoms with Gasteiger partial charge in [-0.1, -0.05) is 74.5 Å². The van der Waals surface area contributed by atoms with Crippen molar-refractivity contribution >= 4 is 29.0 Å². The van der Waals surface area contributed by atoms with E-state index in [0.717, 1.165) is 0 Å². The van der Waals surface area contributed by atoms with Crippen LogP contribution in [0.15, 0.2) is 72.2 Å². The molecule has 0 radical (unpaired) electrons. The van der Waals surface area contributed by atoms with Gasteiger partial charge in [-0.3, -0.25) is 4.79 Å². The predicted molar refractivity (Wildman–Crippen MR) is 123 cm³/mol. The first kappa shape index (κ1) is 23.8. The van der Waals surface area contributed by atoms with E-state index >= 15 is 0 Å². The third kappa shape index (κ3) is 5.31. The minimum atomic E-state index is -0.859. The van der Waals surface area contributed by atoms with E-state index in [0.29, 0.717) is 17.5 Å². The molecule has 0 spiro atoms. The van der Waals surface area contributed by atoms with E-state index in [-0.39, 0.29) is 28.6 Å². The molecule has 0 fully saturated rings. The van der Waals surface area contributed by atoms with Gasteiger partial charge in [-0.15, -0.1) is 0 Å². The fourth-order valence-corrected chi connectivity index (χ4v) is 3.64. The summed E-state index contributed by atoms with van der Waals surface area (Å²) in [6.07, 6.45) is 0.387. The average Bonchev–Trinajstić information content (AvgIpc) is 3.14. The van der Waals surface area contributed by atoms with Crippen molar-refractivity contribution in [2.75, 3.05) is 14.2 Å². The van der Waals surface area contributed by atoms with Gasteiger partial charge < -0.3 is 19.5 Å². The Balaban J connectivity index is 2.15. The van der Waals surface area contributed by atoms with Crippen molar-refractivity contribution in [1.82, 2.24) is 5.32 Å². The Kier molecular flexibility index (Phi) is 7.66. The molecular formula is C26H27NO6. The van der Waals surface area contributed by atoms with Crippen LogP contribution in [0.1, 0.15) is 31.4 Å². The Hall–Kier alpha value is -3.87. The largest absolute Gasteiger partial charge is 0.492 e. The van der Waals surface area contributed by atoms with Crippen LogP contribution < -0.4 is 5.32 Å². The monoisotopic (exact) mass is 449 g/mol. The topological polar surface area (TPSA) is 90.9 Å². The Morgan fingerprint density at radius 2 is 1.58 bits per heavy atom. The molecule has 0 aromatic heterocycles. The van der Waals surface area contributed by atoms with Crippen molar-refractivity contribution < 1.29 is 28.6 Å². The van der Waals surface area contributed by atoms with Crippen LogP contribution in [0.25, 0.3) is 11.1 Å². The lowest BCUT2D eigenvalue weighted by Crippen LogP contribution is -2.43. The van der Waals surface area contributed by atoms with Crippen molar-refractivity contribution in [3.05, 3.63) is 83.3 Å². The third-order valence-electron chi connectivity index (χ3n) is 5.11. The van der Waals surface area contributed by atoms with Crippen molar-refractivity contribution in [3.63, 3.8) is 0 Å². The number of ether oxygens (including phenoxy) is 3. The molecule has 33 heavy (non-hydrogen) atoms. The summed E-state index contributed by atoms with van der Waals surface area (Å²) < 4.78 is 16.0. The molecule has 2 aromatic carbocycles. The second kappa shape index (κ2) is 10.6. The number of methoxy groups -OCH3 is 2. The van der Waals surface area contributed by atoms with Crippen LogP contribution in [0, 0.1) is 5.92 Å². The molecule has 0 saturated heterocycles. The Bertz CT molecular complexity index is 1090. The Morgan fingerprint density at radius 3 is 2.12 bits per heavy atom. The zero-order valence-electron chi connectivity index (χ0n) is 19.1. The highest BCUT2D eigenvalue weighted by molar-refractivity contribution is 6.26. The molecular weight excluding hydrogens is 422 g/mol. The number of hydrogen-bond acceptors (Lipinski definition) is 6. The zero-order chi connectivity index (χ0) is 24.0. The SMILES string of the molecule is COC(=O)C(CC(C)C)NC(=O)C(=C1OC(=O)C(c2ccccc2)=C1OC)c1ccccc1. The number of benzene rings is 2. The second-order valence-corrected chi connectivity index (χ2v) is 7.91. The molecule has 1 amide bonds. The summed E-state index contributed by atoms with van der Waals surface area (Å²) in [7, 11) is 2.69. The summed E-state index contributed by atoms with van der Waals surface area (Å²) in [5.74, 6) is -1.47. The van der Waals surface area contributed by atoms with Gasteiger partial charge in [0, 0.05) is 0 Å². The fraction of sp³-hybridized carbons (Fsp3) is 0.269. The van der Waals surface area contributed by atoms with Gasteiger partial charge in [0.1, 0.15) is 11.6 Å². The summed E-state index contributed by atoms with van der Waals surface area (Å²) in [5, 5.41) is 2.75. The Morgan fingerprint density at radius 1 is 0.970 bits per heavy atom. The molecule has 7 heteroatoms. The van der Waals surface area contributed by atoms with Gasteiger partial charge in [0.05, 0.1) is 19.8 Å². The van der Waals surface area contributed by atoms with Crippen molar-refractivity contribution in [2.45, 2.75) is 26.3 Å². The van der Waals surface area contributed by atoms with E-state index < -0.39 is 23.9 Å². The molecule has 0 saturated carbocycles. The van der Waals surface area contributed by atoms with E-state index in [1.807, 2.05) is 26.0 Å². The minimum absolute atomic E-state index is 0.00165. The quantitative estimate of drug-likeness (QED) is 0.488. The lowest BCUT2D eigenvalue weighted by atomic mass is 9.99. The highest BCUT2D eigenvalue weighted by Crippen LogP contribution is 2.38. The lowest BCUT2D eigenvalue weighted by Gasteiger charge is -2.20. The maximum atomic E-state index is 13.5. The van der Waals surface area contributed by atoms with Gasteiger partial charge in [-0.25, -0.2) is 9.59 Å². The fourth-order valence-electron chi connectivity index (χ4n) is 3.64.